The number of H-pyrrole nitrogens is 1. The Bertz CT molecular complexity index is 1490. The van der Waals surface area contributed by atoms with Gasteiger partial charge >= 0.3 is 0 Å². The van der Waals surface area contributed by atoms with Gasteiger partial charge in [0.1, 0.15) is 5.82 Å². The van der Waals surface area contributed by atoms with E-state index in [1.54, 1.807) is 4.57 Å². The number of hydrogen-bond acceptors (Lipinski definition) is 6. The van der Waals surface area contributed by atoms with Gasteiger partial charge in [-0.15, -0.1) is 10.2 Å². The van der Waals surface area contributed by atoms with E-state index in [1.807, 2.05) is 48.2 Å². The number of aryl methyl sites for hydroxylation is 2. The van der Waals surface area contributed by atoms with E-state index in [2.05, 4.69) is 39.7 Å². The molecular formula is C31H37N7O2. The predicted molar refractivity (Wildman–Crippen MR) is 155 cm³/mol. The van der Waals surface area contributed by atoms with Gasteiger partial charge in [-0.3, -0.25) is 14.2 Å². The summed E-state index contributed by atoms with van der Waals surface area (Å²) in [5.41, 5.74) is 4.99. The summed E-state index contributed by atoms with van der Waals surface area (Å²) in [5, 5.41) is 14.5. The largest absolute Gasteiger partial charge is 0.342 e. The summed E-state index contributed by atoms with van der Waals surface area (Å²) in [4.78, 5) is 33.8. The first-order chi connectivity index (χ1) is 19.5. The second-order valence-electron chi connectivity index (χ2n) is 10.5. The lowest BCUT2D eigenvalue weighted by Gasteiger charge is -2.21. The highest BCUT2D eigenvalue weighted by Gasteiger charge is 2.21. The van der Waals surface area contributed by atoms with E-state index in [1.165, 1.54) is 0 Å². The molecule has 5 rings (SSSR count). The Labute approximate surface area is 234 Å². The van der Waals surface area contributed by atoms with Gasteiger partial charge in [-0.2, -0.15) is 5.21 Å². The quantitative estimate of drug-likeness (QED) is 0.329. The van der Waals surface area contributed by atoms with Gasteiger partial charge in [0.2, 0.25) is 11.7 Å². The molecule has 0 spiro atoms. The number of carbonyl (C=O) groups excluding carboxylic acids is 1. The molecule has 208 valence electrons. The third-order valence-corrected chi connectivity index (χ3v) is 7.71. The number of benzene rings is 2. The lowest BCUT2D eigenvalue weighted by Crippen LogP contribution is -2.37. The number of unbranched alkanes of at least 4 members (excludes halogenated alkanes) is 1. The molecule has 3 heterocycles. The number of rotatable bonds is 9. The van der Waals surface area contributed by atoms with E-state index in [0.717, 1.165) is 86.1 Å². The molecule has 40 heavy (non-hydrogen) atoms. The molecular weight excluding hydrogens is 502 g/mol. The topological polar surface area (TPSA) is 110 Å². The number of tetrazole rings is 1. The van der Waals surface area contributed by atoms with Crippen LogP contribution in [0.3, 0.4) is 0 Å². The molecule has 1 aliphatic heterocycles. The van der Waals surface area contributed by atoms with Crippen molar-refractivity contribution in [3.05, 3.63) is 81.5 Å². The first-order valence-electron chi connectivity index (χ1n) is 14.3. The smallest absolute Gasteiger partial charge is 0.257 e. The van der Waals surface area contributed by atoms with E-state index >= 15 is 0 Å². The molecule has 0 radical (unpaired) electrons. The maximum atomic E-state index is 13.9. The molecule has 1 fully saturated rings. The number of hydrogen-bond donors (Lipinski definition) is 1. The van der Waals surface area contributed by atoms with Crippen molar-refractivity contribution in [3.63, 3.8) is 0 Å². The Balaban J connectivity index is 1.43. The van der Waals surface area contributed by atoms with Crippen LogP contribution in [0, 0.1) is 6.92 Å². The van der Waals surface area contributed by atoms with E-state index in [4.69, 9.17) is 4.98 Å². The number of likely N-dealkylation sites (tertiary alicyclic amines) is 1. The van der Waals surface area contributed by atoms with Crippen LogP contribution in [0.15, 0.2) is 53.3 Å². The average Bonchev–Trinajstić information content (AvgIpc) is 3.38. The Morgan fingerprint density at radius 2 is 1.70 bits per heavy atom. The van der Waals surface area contributed by atoms with E-state index in [-0.39, 0.29) is 17.9 Å². The monoisotopic (exact) mass is 539 g/mol. The Morgan fingerprint density at radius 3 is 2.38 bits per heavy atom. The average molecular weight is 540 g/mol. The van der Waals surface area contributed by atoms with Gasteiger partial charge in [-0.25, -0.2) is 4.98 Å². The highest BCUT2D eigenvalue weighted by atomic mass is 16.2. The van der Waals surface area contributed by atoms with Crippen LogP contribution >= 0.6 is 0 Å². The summed E-state index contributed by atoms with van der Waals surface area (Å²) in [6, 6.07) is 16.1. The summed E-state index contributed by atoms with van der Waals surface area (Å²) in [7, 11) is 0. The van der Waals surface area contributed by atoms with Crippen molar-refractivity contribution in [3.8, 4) is 22.5 Å². The molecule has 1 saturated heterocycles. The van der Waals surface area contributed by atoms with Crippen LogP contribution in [0.25, 0.3) is 22.5 Å². The van der Waals surface area contributed by atoms with Gasteiger partial charge in [-0.1, -0.05) is 74.7 Å². The van der Waals surface area contributed by atoms with Gasteiger partial charge in [0.25, 0.3) is 5.56 Å². The highest BCUT2D eigenvalue weighted by Crippen LogP contribution is 2.29. The fourth-order valence-electron chi connectivity index (χ4n) is 5.41. The maximum absolute atomic E-state index is 13.9. The van der Waals surface area contributed by atoms with Crippen molar-refractivity contribution in [1.29, 1.82) is 0 Å². The molecule has 2 aromatic heterocycles. The molecule has 4 aromatic rings. The van der Waals surface area contributed by atoms with Crippen molar-refractivity contribution < 1.29 is 4.79 Å². The fourth-order valence-corrected chi connectivity index (χ4v) is 5.41. The third kappa shape index (κ3) is 6.19. The normalized spacial score (nSPS) is 13.8. The van der Waals surface area contributed by atoms with Gasteiger partial charge in [0.15, 0.2) is 0 Å². The number of aromatic amines is 1. The summed E-state index contributed by atoms with van der Waals surface area (Å²) >= 11 is 0. The lowest BCUT2D eigenvalue weighted by molar-refractivity contribution is -0.130. The number of amides is 1. The van der Waals surface area contributed by atoms with Gasteiger partial charge in [0, 0.05) is 36.3 Å². The fraction of sp³-hybridized carbons (Fsp3) is 0.419. The molecule has 1 aliphatic rings. The zero-order chi connectivity index (χ0) is 27.9. The van der Waals surface area contributed by atoms with E-state index < -0.39 is 0 Å². The second-order valence-corrected chi connectivity index (χ2v) is 10.5. The van der Waals surface area contributed by atoms with E-state index in [0.29, 0.717) is 23.6 Å². The van der Waals surface area contributed by atoms with Crippen molar-refractivity contribution in [2.24, 2.45) is 0 Å². The van der Waals surface area contributed by atoms with Crippen LogP contribution in [0.1, 0.15) is 68.1 Å². The molecule has 0 saturated carbocycles. The van der Waals surface area contributed by atoms with Gasteiger partial charge in [-0.05, 0) is 48.1 Å². The first kappa shape index (κ1) is 27.4. The standard InChI is InChI=1S/C31H37N7O2/c1-3-4-13-28-32-22(2)27(20-29(39)37-18-9-5-6-10-19-37)31(40)38(28)21-23-14-16-24(17-15-23)25-11-7-8-12-26(25)30-33-35-36-34-30/h7-8,11-12,14-17H,3-6,9-10,13,18-21H2,1-2H3,(H,33,34,35,36). The maximum Gasteiger partial charge on any atom is 0.257 e. The number of nitrogens with zero attached hydrogens (tertiary/aromatic N) is 6. The van der Waals surface area contributed by atoms with Crippen LogP contribution in [-0.2, 0) is 24.2 Å². The van der Waals surface area contributed by atoms with Crippen LogP contribution in [-0.4, -0.2) is 54.1 Å². The Kier molecular flexibility index (Phi) is 8.78. The minimum atomic E-state index is -0.103. The molecule has 0 aliphatic carbocycles. The molecule has 1 amide bonds. The minimum Gasteiger partial charge on any atom is -0.342 e. The Hall–Kier alpha value is -4.14. The molecule has 1 N–H and O–H groups in total. The lowest BCUT2D eigenvalue weighted by atomic mass is 9.98. The molecule has 2 aromatic carbocycles. The summed E-state index contributed by atoms with van der Waals surface area (Å²) in [6.45, 7) is 5.95. The van der Waals surface area contributed by atoms with Crippen LogP contribution in [0.4, 0.5) is 0 Å². The van der Waals surface area contributed by atoms with Crippen LogP contribution in [0.2, 0.25) is 0 Å². The zero-order valence-electron chi connectivity index (χ0n) is 23.4. The predicted octanol–water partition coefficient (Wildman–Crippen LogP) is 4.73. The number of nitrogens with one attached hydrogen (secondary N) is 1. The summed E-state index contributed by atoms with van der Waals surface area (Å²) in [6.07, 6.45) is 7.16. The summed E-state index contributed by atoms with van der Waals surface area (Å²) in [5.74, 6) is 1.35. The molecule has 0 bridgehead atoms. The number of aromatic nitrogens is 6. The molecule has 9 heteroatoms. The zero-order valence-corrected chi connectivity index (χ0v) is 23.4. The van der Waals surface area contributed by atoms with Gasteiger partial charge < -0.3 is 4.90 Å². The van der Waals surface area contributed by atoms with Crippen LogP contribution < -0.4 is 5.56 Å². The van der Waals surface area contributed by atoms with Crippen molar-refractivity contribution in [1.82, 2.24) is 35.1 Å². The van der Waals surface area contributed by atoms with Gasteiger partial charge in [0.05, 0.1) is 13.0 Å². The van der Waals surface area contributed by atoms with E-state index in [9.17, 15) is 9.59 Å². The first-order valence-corrected chi connectivity index (χ1v) is 14.3. The highest BCUT2D eigenvalue weighted by molar-refractivity contribution is 5.80. The number of carbonyl (C=O) groups is 1. The second kappa shape index (κ2) is 12.8. The minimum absolute atomic E-state index is 0.0291. The van der Waals surface area contributed by atoms with Crippen LogP contribution in [0.5, 0.6) is 0 Å². The molecule has 0 unspecified atom stereocenters. The SMILES string of the molecule is CCCCc1nc(C)c(CC(=O)N2CCCCCC2)c(=O)n1Cc1ccc(-c2ccccc2-c2nn[nH]n2)cc1. The molecule has 9 nitrogen and oxygen atoms in total. The van der Waals surface area contributed by atoms with Crippen molar-refractivity contribution in [2.45, 2.75) is 71.8 Å². The van der Waals surface area contributed by atoms with Crippen molar-refractivity contribution >= 4 is 5.91 Å². The molecule has 0 atom stereocenters. The Morgan fingerprint density at radius 1 is 0.975 bits per heavy atom. The summed E-state index contributed by atoms with van der Waals surface area (Å²) < 4.78 is 1.77. The third-order valence-electron chi connectivity index (χ3n) is 7.71. The van der Waals surface area contributed by atoms with Crippen molar-refractivity contribution in [2.75, 3.05) is 13.1 Å².